The van der Waals surface area contributed by atoms with E-state index in [1.807, 2.05) is 54.6 Å². The van der Waals surface area contributed by atoms with Gasteiger partial charge in [-0.3, -0.25) is 9.59 Å². The fourth-order valence-corrected chi connectivity index (χ4v) is 4.90. The molecule has 200 valence electrons. The van der Waals surface area contributed by atoms with Gasteiger partial charge in [0.15, 0.2) is 0 Å². The van der Waals surface area contributed by atoms with E-state index in [-0.39, 0.29) is 46.7 Å². The molecule has 0 saturated carbocycles. The van der Waals surface area contributed by atoms with Crippen LogP contribution in [0.4, 0.5) is 16.2 Å². The van der Waals surface area contributed by atoms with Crippen molar-refractivity contribution >= 4 is 74.9 Å². The molecule has 0 aliphatic carbocycles. The number of esters is 1. The van der Waals surface area contributed by atoms with Crippen LogP contribution in [0, 0.1) is 0 Å². The first-order valence-electron chi connectivity index (χ1n) is 12.0. The summed E-state index contributed by atoms with van der Waals surface area (Å²) >= 11 is 18.4. The van der Waals surface area contributed by atoms with Crippen molar-refractivity contribution in [3.63, 3.8) is 0 Å². The average Bonchev–Trinajstić information content (AvgIpc) is 2.90. The molecule has 0 bridgehead atoms. The van der Waals surface area contributed by atoms with Crippen LogP contribution < -0.4 is 10.6 Å². The molecule has 4 aromatic carbocycles. The molecule has 0 unspecified atom stereocenters. The minimum Gasteiger partial charge on any atom is -0.465 e. The van der Waals surface area contributed by atoms with E-state index in [9.17, 15) is 14.4 Å². The lowest BCUT2D eigenvalue weighted by atomic mass is 10.0. The molecule has 0 aromatic heterocycles. The number of hydrogen-bond donors (Lipinski definition) is 2. The fraction of sp³-hybridized carbons (Fsp3) is 0.138. The smallest absolute Gasteiger partial charge is 0.325 e. The third kappa shape index (κ3) is 7.20. The number of hydrogen-bond acceptors (Lipinski definition) is 4. The number of urea groups is 1. The molecule has 0 aliphatic rings. The Bertz CT molecular complexity index is 1510. The molecule has 4 rings (SSSR count). The van der Waals surface area contributed by atoms with Gasteiger partial charge >= 0.3 is 12.0 Å². The van der Waals surface area contributed by atoms with Gasteiger partial charge in [0.25, 0.3) is 5.91 Å². The second-order valence-corrected chi connectivity index (χ2v) is 9.77. The molecular formula is C29H24Cl3N3O4. The minimum absolute atomic E-state index is 0.154. The molecule has 0 saturated heterocycles. The van der Waals surface area contributed by atoms with E-state index in [0.717, 1.165) is 16.3 Å². The number of fused-ring (bicyclic) bond motifs is 1. The van der Waals surface area contributed by atoms with E-state index in [2.05, 4.69) is 10.6 Å². The monoisotopic (exact) mass is 583 g/mol. The van der Waals surface area contributed by atoms with Crippen molar-refractivity contribution < 1.29 is 19.1 Å². The van der Waals surface area contributed by atoms with Crippen molar-refractivity contribution in [3.8, 4) is 0 Å². The predicted octanol–water partition coefficient (Wildman–Crippen LogP) is 7.65. The zero-order valence-electron chi connectivity index (χ0n) is 20.8. The molecule has 0 spiro atoms. The summed E-state index contributed by atoms with van der Waals surface area (Å²) in [6.45, 7) is 1.78. The van der Waals surface area contributed by atoms with Crippen molar-refractivity contribution in [3.05, 3.63) is 105 Å². The number of amides is 3. The molecule has 0 fully saturated rings. The summed E-state index contributed by atoms with van der Waals surface area (Å²) in [6, 6.07) is 22.3. The maximum atomic E-state index is 13.9. The molecule has 0 aliphatic heterocycles. The molecule has 4 aromatic rings. The Morgan fingerprint density at radius 2 is 1.44 bits per heavy atom. The normalized spacial score (nSPS) is 10.7. The lowest BCUT2D eigenvalue weighted by Crippen LogP contribution is -2.36. The fourth-order valence-electron chi connectivity index (χ4n) is 3.99. The molecule has 39 heavy (non-hydrogen) atoms. The highest BCUT2D eigenvalue weighted by molar-refractivity contribution is 6.42. The Morgan fingerprint density at radius 1 is 0.821 bits per heavy atom. The number of carbonyl (C=O) groups excluding carboxylic acids is 3. The Kier molecular flexibility index (Phi) is 9.30. The van der Waals surface area contributed by atoms with Gasteiger partial charge in [-0.05, 0) is 47.5 Å². The lowest BCUT2D eigenvalue weighted by molar-refractivity contribution is -0.143. The number of anilines is 2. The number of carbonyl (C=O) groups is 3. The Morgan fingerprint density at radius 3 is 2.08 bits per heavy atom. The van der Waals surface area contributed by atoms with Crippen molar-refractivity contribution in [2.75, 3.05) is 23.8 Å². The summed E-state index contributed by atoms with van der Waals surface area (Å²) in [5.74, 6) is -1.00. The quantitative estimate of drug-likeness (QED) is 0.208. The zero-order chi connectivity index (χ0) is 27.9. The topological polar surface area (TPSA) is 87.7 Å². The number of rotatable bonds is 8. The van der Waals surface area contributed by atoms with Crippen LogP contribution in [0.5, 0.6) is 0 Å². The van der Waals surface area contributed by atoms with Gasteiger partial charge in [0.2, 0.25) is 0 Å². The molecular weight excluding hydrogens is 561 g/mol. The number of nitrogens with zero attached hydrogens (tertiary/aromatic N) is 1. The highest BCUT2D eigenvalue weighted by Crippen LogP contribution is 2.34. The first kappa shape index (κ1) is 28.2. The summed E-state index contributed by atoms with van der Waals surface area (Å²) in [4.78, 5) is 40.8. The molecule has 0 radical (unpaired) electrons. The second-order valence-electron chi connectivity index (χ2n) is 8.52. The van der Waals surface area contributed by atoms with Crippen LogP contribution in [0.15, 0.2) is 78.9 Å². The van der Waals surface area contributed by atoms with Crippen molar-refractivity contribution in [1.82, 2.24) is 4.90 Å². The number of ether oxygens (including phenoxy) is 1. The van der Waals surface area contributed by atoms with Crippen LogP contribution in [0.2, 0.25) is 15.1 Å². The molecule has 7 nitrogen and oxygen atoms in total. The predicted molar refractivity (Wildman–Crippen MR) is 156 cm³/mol. The van der Waals surface area contributed by atoms with Crippen LogP contribution in [0.3, 0.4) is 0 Å². The third-order valence-electron chi connectivity index (χ3n) is 5.74. The Hall–Kier alpha value is -3.78. The lowest BCUT2D eigenvalue weighted by Gasteiger charge is -2.24. The van der Waals surface area contributed by atoms with Gasteiger partial charge in [0.05, 0.1) is 33.6 Å². The maximum absolute atomic E-state index is 13.9. The van der Waals surface area contributed by atoms with Crippen molar-refractivity contribution in [2.45, 2.75) is 13.5 Å². The molecule has 10 heteroatoms. The van der Waals surface area contributed by atoms with Crippen LogP contribution in [-0.2, 0) is 16.1 Å². The van der Waals surface area contributed by atoms with Gasteiger partial charge in [-0.2, -0.15) is 0 Å². The van der Waals surface area contributed by atoms with Crippen molar-refractivity contribution in [1.29, 1.82) is 0 Å². The van der Waals surface area contributed by atoms with E-state index in [0.29, 0.717) is 5.02 Å². The Labute approximate surface area is 240 Å². The van der Waals surface area contributed by atoms with Gasteiger partial charge in [-0.1, -0.05) is 89.4 Å². The zero-order valence-corrected chi connectivity index (χ0v) is 23.1. The molecule has 0 atom stereocenters. The molecule has 0 heterocycles. The van der Waals surface area contributed by atoms with Crippen LogP contribution >= 0.6 is 34.8 Å². The largest absolute Gasteiger partial charge is 0.465 e. The van der Waals surface area contributed by atoms with E-state index in [1.165, 1.54) is 17.0 Å². The third-order valence-corrected chi connectivity index (χ3v) is 6.55. The van der Waals surface area contributed by atoms with Crippen LogP contribution in [0.1, 0.15) is 22.8 Å². The number of halogens is 3. The van der Waals surface area contributed by atoms with Gasteiger partial charge in [0, 0.05) is 11.6 Å². The van der Waals surface area contributed by atoms with Gasteiger partial charge in [-0.15, -0.1) is 0 Å². The summed E-state index contributed by atoms with van der Waals surface area (Å²) in [6.07, 6.45) is 0. The number of benzene rings is 4. The first-order chi connectivity index (χ1) is 18.7. The Balaban J connectivity index is 1.70. The standard InChI is InChI=1S/C29H24Cl3N3O4/c1-2-39-26(36)17-35(16-18-8-4-3-5-9-18)28(37)22-12-19-10-6-7-11-20(19)13-25(22)33-29(38)34-27-23(31)14-21(30)15-24(27)32/h3-15H,2,16-17H2,1H3,(H2,33,34,38). The number of nitrogens with one attached hydrogen (secondary N) is 2. The van der Waals surface area contributed by atoms with E-state index in [1.54, 1.807) is 19.1 Å². The minimum atomic E-state index is -0.676. The summed E-state index contributed by atoms with van der Waals surface area (Å²) in [7, 11) is 0. The van der Waals surface area contributed by atoms with E-state index in [4.69, 9.17) is 39.5 Å². The first-order valence-corrected chi connectivity index (χ1v) is 13.1. The van der Waals surface area contributed by atoms with E-state index < -0.39 is 17.9 Å². The van der Waals surface area contributed by atoms with Crippen LogP contribution in [-0.4, -0.2) is 36.0 Å². The van der Waals surface area contributed by atoms with E-state index >= 15 is 0 Å². The van der Waals surface area contributed by atoms with Gasteiger partial charge < -0.3 is 20.3 Å². The van der Waals surface area contributed by atoms with Crippen molar-refractivity contribution in [2.24, 2.45) is 0 Å². The summed E-state index contributed by atoms with van der Waals surface area (Å²) in [5, 5.41) is 7.56. The SMILES string of the molecule is CCOC(=O)CN(Cc1ccccc1)C(=O)c1cc2ccccc2cc1NC(=O)Nc1c(Cl)cc(Cl)cc1Cl. The van der Waals surface area contributed by atoms with Gasteiger partial charge in [-0.25, -0.2) is 4.79 Å². The molecule has 3 amide bonds. The highest BCUT2D eigenvalue weighted by Gasteiger charge is 2.24. The average molecular weight is 585 g/mol. The second kappa shape index (κ2) is 12.8. The highest BCUT2D eigenvalue weighted by atomic mass is 35.5. The van der Waals surface area contributed by atoms with Gasteiger partial charge in [0.1, 0.15) is 6.54 Å². The van der Waals surface area contributed by atoms with Crippen LogP contribution in [0.25, 0.3) is 10.8 Å². The summed E-state index contributed by atoms with van der Waals surface area (Å²) in [5.41, 5.74) is 1.42. The summed E-state index contributed by atoms with van der Waals surface area (Å²) < 4.78 is 5.11. The molecule has 2 N–H and O–H groups in total. The maximum Gasteiger partial charge on any atom is 0.325 e.